The fraction of sp³-hybridized carbons (Fsp3) is 0.0833. The van der Waals surface area contributed by atoms with Crippen molar-refractivity contribution in [2.45, 2.75) is 6.92 Å². The number of carbonyl (C=O) groups is 2. The molecule has 0 spiro atoms. The first-order valence-electron chi connectivity index (χ1n) is 5.40. The van der Waals surface area contributed by atoms with Gasteiger partial charge in [0.05, 0.1) is 11.3 Å². The van der Waals surface area contributed by atoms with Crippen LogP contribution in [0.3, 0.4) is 0 Å². The Morgan fingerprint density at radius 1 is 1.45 bits per heavy atom. The van der Waals surface area contributed by atoms with Gasteiger partial charge in [0, 0.05) is 6.20 Å². The van der Waals surface area contributed by atoms with Crippen molar-refractivity contribution >= 4 is 28.4 Å². The molecule has 7 nitrogen and oxygen atoms in total. The second-order valence-electron chi connectivity index (χ2n) is 3.78. The summed E-state index contributed by atoms with van der Waals surface area (Å²) in [5.41, 5.74) is 0.732. The Kier molecular flexibility index (Phi) is 3.72. The van der Waals surface area contributed by atoms with E-state index in [0.717, 1.165) is 11.5 Å². The van der Waals surface area contributed by atoms with Gasteiger partial charge in [0.15, 0.2) is 0 Å². The van der Waals surface area contributed by atoms with Crippen LogP contribution in [-0.2, 0) is 0 Å². The van der Waals surface area contributed by atoms with Crippen LogP contribution in [0.1, 0.15) is 32.1 Å². The third-order valence-corrected chi connectivity index (χ3v) is 3.28. The number of anilines is 1. The fourth-order valence-electron chi connectivity index (χ4n) is 1.47. The van der Waals surface area contributed by atoms with Crippen LogP contribution in [0, 0.1) is 18.3 Å². The summed E-state index contributed by atoms with van der Waals surface area (Å²) in [6.45, 7) is 1.55. The lowest BCUT2D eigenvalue weighted by molar-refractivity contribution is 0.0697. The van der Waals surface area contributed by atoms with Crippen molar-refractivity contribution in [2.75, 3.05) is 5.32 Å². The summed E-state index contributed by atoms with van der Waals surface area (Å²) in [4.78, 5) is 26.8. The molecule has 2 aromatic heterocycles. The Bertz CT molecular complexity index is 715. The van der Waals surface area contributed by atoms with Crippen LogP contribution in [0.2, 0.25) is 0 Å². The Morgan fingerprint density at radius 3 is 2.75 bits per heavy atom. The van der Waals surface area contributed by atoms with E-state index in [9.17, 15) is 9.59 Å². The lowest BCUT2D eigenvalue weighted by Crippen LogP contribution is -2.15. The monoisotopic (exact) mass is 288 g/mol. The molecule has 0 atom stereocenters. The molecule has 0 bridgehead atoms. The van der Waals surface area contributed by atoms with E-state index in [2.05, 4.69) is 14.7 Å². The van der Waals surface area contributed by atoms with Gasteiger partial charge in [-0.15, -0.1) is 0 Å². The second kappa shape index (κ2) is 5.46. The van der Waals surface area contributed by atoms with Crippen molar-refractivity contribution in [1.29, 1.82) is 5.26 Å². The number of amides is 1. The molecule has 0 aliphatic carbocycles. The van der Waals surface area contributed by atoms with Crippen LogP contribution in [0.5, 0.6) is 0 Å². The minimum absolute atomic E-state index is 0.0306. The van der Waals surface area contributed by atoms with E-state index >= 15 is 0 Å². The van der Waals surface area contributed by atoms with Crippen molar-refractivity contribution in [3.05, 3.63) is 40.8 Å². The quantitative estimate of drug-likeness (QED) is 0.887. The molecule has 0 aromatic carbocycles. The van der Waals surface area contributed by atoms with Gasteiger partial charge in [-0.2, -0.15) is 9.64 Å². The highest BCUT2D eigenvalue weighted by atomic mass is 32.1. The predicted octanol–water partition coefficient (Wildman–Crippen LogP) is 1.67. The van der Waals surface area contributed by atoms with Gasteiger partial charge >= 0.3 is 5.97 Å². The molecule has 0 aliphatic rings. The Morgan fingerprint density at radius 2 is 2.20 bits per heavy atom. The van der Waals surface area contributed by atoms with Gasteiger partial charge in [0.2, 0.25) is 0 Å². The number of hydrogen-bond donors (Lipinski definition) is 2. The molecule has 2 rings (SSSR count). The molecule has 0 radical (unpaired) electrons. The Hall–Kier alpha value is -2.79. The Labute approximate surface area is 117 Å². The number of rotatable bonds is 3. The van der Waals surface area contributed by atoms with Gasteiger partial charge < -0.3 is 10.4 Å². The number of aromatic carboxylic acids is 1. The molecule has 0 saturated carbocycles. The van der Waals surface area contributed by atoms with Gasteiger partial charge in [0.1, 0.15) is 22.3 Å². The normalized spacial score (nSPS) is 9.80. The zero-order valence-corrected chi connectivity index (χ0v) is 11.1. The van der Waals surface area contributed by atoms with Crippen LogP contribution >= 0.6 is 11.5 Å². The third kappa shape index (κ3) is 2.62. The van der Waals surface area contributed by atoms with Crippen LogP contribution in [0.25, 0.3) is 0 Å². The lowest BCUT2D eigenvalue weighted by atomic mass is 10.2. The highest BCUT2D eigenvalue weighted by Crippen LogP contribution is 2.24. The van der Waals surface area contributed by atoms with E-state index in [1.165, 1.54) is 18.3 Å². The highest BCUT2D eigenvalue weighted by molar-refractivity contribution is 7.11. The SMILES string of the molecule is Cc1nsc(NC(=O)c2ccc(C#N)cn2)c1C(=O)O. The topological polar surface area (TPSA) is 116 Å². The summed E-state index contributed by atoms with van der Waals surface area (Å²) in [6.07, 6.45) is 1.27. The van der Waals surface area contributed by atoms with Gasteiger partial charge in [0.25, 0.3) is 5.91 Å². The lowest BCUT2D eigenvalue weighted by Gasteiger charge is -2.03. The zero-order valence-electron chi connectivity index (χ0n) is 10.2. The van der Waals surface area contributed by atoms with Crippen molar-refractivity contribution < 1.29 is 14.7 Å². The van der Waals surface area contributed by atoms with E-state index < -0.39 is 11.9 Å². The first-order chi connectivity index (χ1) is 9.52. The van der Waals surface area contributed by atoms with Crippen molar-refractivity contribution in [3.8, 4) is 6.07 Å². The maximum Gasteiger partial charge on any atom is 0.340 e. The summed E-state index contributed by atoms with van der Waals surface area (Å²) in [6, 6.07) is 4.74. The average Bonchev–Trinajstić information content (AvgIpc) is 2.79. The molecule has 0 saturated heterocycles. The van der Waals surface area contributed by atoms with Gasteiger partial charge in [-0.25, -0.2) is 9.78 Å². The highest BCUT2D eigenvalue weighted by Gasteiger charge is 2.20. The van der Waals surface area contributed by atoms with E-state index in [4.69, 9.17) is 10.4 Å². The molecule has 100 valence electrons. The van der Waals surface area contributed by atoms with Crippen LogP contribution in [0.4, 0.5) is 5.00 Å². The van der Waals surface area contributed by atoms with E-state index in [0.29, 0.717) is 11.3 Å². The second-order valence-corrected chi connectivity index (χ2v) is 4.55. The first kappa shape index (κ1) is 13.6. The number of nitrogens with one attached hydrogen (secondary N) is 1. The molecular formula is C12H8N4O3S. The number of carboxylic acid groups (broad SMARTS) is 1. The van der Waals surface area contributed by atoms with Crippen molar-refractivity contribution in [2.24, 2.45) is 0 Å². The standard InChI is InChI=1S/C12H8N4O3S/c1-6-9(12(18)19)11(20-16-6)15-10(17)8-3-2-7(4-13)5-14-8/h2-3,5H,1H3,(H,15,17)(H,18,19). The molecule has 2 aromatic rings. The molecule has 2 heterocycles. The van der Waals surface area contributed by atoms with Crippen LogP contribution in [0.15, 0.2) is 18.3 Å². The zero-order chi connectivity index (χ0) is 14.7. The molecular weight excluding hydrogens is 280 g/mol. The number of pyridine rings is 1. The first-order valence-corrected chi connectivity index (χ1v) is 6.17. The number of aromatic nitrogens is 2. The van der Waals surface area contributed by atoms with Gasteiger partial charge in [-0.05, 0) is 30.6 Å². The molecule has 2 N–H and O–H groups in total. The van der Waals surface area contributed by atoms with E-state index in [-0.39, 0.29) is 16.3 Å². The number of carboxylic acids is 1. The molecule has 20 heavy (non-hydrogen) atoms. The van der Waals surface area contributed by atoms with Gasteiger partial charge in [-0.1, -0.05) is 0 Å². The summed E-state index contributed by atoms with van der Waals surface area (Å²) in [5.74, 6) is -1.71. The summed E-state index contributed by atoms with van der Waals surface area (Å²) in [5, 5.41) is 20.3. The van der Waals surface area contributed by atoms with E-state index in [1.54, 1.807) is 6.92 Å². The maximum atomic E-state index is 11.9. The number of hydrogen-bond acceptors (Lipinski definition) is 6. The number of carbonyl (C=O) groups excluding carboxylic acids is 1. The van der Waals surface area contributed by atoms with Crippen molar-refractivity contribution in [1.82, 2.24) is 9.36 Å². The third-order valence-electron chi connectivity index (χ3n) is 2.43. The summed E-state index contributed by atoms with van der Waals surface area (Å²) < 4.78 is 3.89. The molecule has 0 fully saturated rings. The van der Waals surface area contributed by atoms with Gasteiger partial charge in [-0.3, -0.25) is 4.79 Å². The summed E-state index contributed by atoms with van der Waals surface area (Å²) in [7, 11) is 0. The van der Waals surface area contributed by atoms with E-state index in [1.807, 2.05) is 6.07 Å². The number of aryl methyl sites for hydroxylation is 1. The molecule has 0 aliphatic heterocycles. The minimum atomic E-state index is -1.15. The fourth-order valence-corrected chi connectivity index (χ4v) is 2.25. The van der Waals surface area contributed by atoms with Crippen LogP contribution in [-0.4, -0.2) is 26.3 Å². The minimum Gasteiger partial charge on any atom is -0.478 e. The number of nitrogens with zero attached hydrogens (tertiary/aromatic N) is 3. The van der Waals surface area contributed by atoms with Crippen molar-refractivity contribution in [3.63, 3.8) is 0 Å². The molecule has 0 unspecified atom stereocenters. The molecule has 8 heteroatoms. The molecule has 1 amide bonds. The number of nitriles is 1. The Balaban J connectivity index is 2.24. The van der Waals surface area contributed by atoms with Crippen LogP contribution < -0.4 is 5.32 Å². The predicted molar refractivity (Wildman–Crippen MR) is 70.7 cm³/mol. The smallest absolute Gasteiger partial charge is 0.340 e. The summed E-state index contributed by atoms with van der Waals surface area (Å²) >= 11 is 0.892. The maximum absolute atomic E-state index is 11.9. The average molecular weight is 288 g/mol. The largest absolute Gasteiger partial charge is 0.478 e.